The predicted octanol–water partition coefficient (Wildman–Crippen LogP) is 3.40. The number of benzene rings is 1. The standard InChI is InChI=1S/C13H18N2OS/c1-9(2)10-5-6-12(16-8-17-4)13-11(10)7-15(3)14-13/h5-7,9H,8H2,1-4H3. The largest absolute Gasteiger partial charge is 0.481 e. The second kappa shape index (κ2) is 5.00. The van der Waals surface area contributed by atoms with Crippen molar-refractivity contribution < 1.29 is 4.74 Å². The number of nitrogens with zero attached hydrogens (tertiary/aromatic N) is 2. The maximum absolute atomic E-state index is 5.70. The molecular weight excluding hydrogens is 232 g/mol. The highest BCUT2D eigenvalue weighted by Crippen LogP contribution is 2.31. The molecule has 0 spiro atoms. The van der Waals surface area contributed by atoms with Gasteiger partial charge < -0.3 is 4.74 Å². The Morgan fingerprint density at radius 1 is 1.41 bits per heavy atom. The van der Waals surface area contributed by atoms with Crippen LogP contribution < -0.4 is 4.74 Å². The van der Waals surface area contributed by atoms with Crippen LogP contribution in [-0.2, 0) is 7.05 Å². The van der Waals surface area contributed by atoms with E-state index in [2.05, 4.69) is 31.2 Å². The lowest BCUT2D eigenvalue weighted by molar-refractivity contribution is 0.397. The molecule has 0 bridgehead atoms. The number of aromatic nitrogens is 2. The van der Waals surface area contributed by atoms with E-state index in [1.54, 1.807) is 11.8 Å². The van der Waals surface area contributed by atoms with Crippen LogP contribution in [0.5, 0.6) is 5.75 Å². The number of thioether (sulfide) groups is 1. The molecule has 92 valence electrons. The van der Waals surface area contributed by atoms with Gasteiger partial charge in [0.2, 0.25) is 0 Å². The van der Waals surface area contributed by atoms with Gasteiger partial charge in [0.25, 0.3) is 0 Å². The van der Waals surface area contributed by atoms with Gasteiger partial charge in [-0.1, -0.05) is 19.9 Å². The summed E-state index contributed by atoms with van der Waals surface area (Å²) in [5.74, 6) is 2.03. The minimum absolute atomic E-state index is 0.497. The van der Waals surface area contributed by atoms with E-state index in [0.29, 0.717) is 11.9 Å². The van der Waals surface area contributed by atoms with Crippen LogP contribution in [0, 0.1) is 0 Å². The van der Waals surface area contributed by atoms with E-state index in [-0.39, 0.29) is 0 Å². The summed E-state index contributed by atoms with van der Waals surface area (Å²) in [6, 6.07) is 4.17. The fourth-order valence-corrected chi connectivity index (χ4v) is 2.20. The van der Waals surface area contributed by atoms with Crippen LogP contribution in [0.25, 0.3) is 10.9 Å². The molecule has 0 atom stereocenters. The molecule has 1 aromatic carbocycles. The third kappa shape index (κ3) is 2.41. The topological polar surface area (TPSA) is 27.1 Å². The molecule has 0 unspecified atom stereocenters. The summed E-state index contributed by atoms with van der Waals surface area (Å²) in [4.78, 5) is 0. The molecule has 0 amide bonds. The average Bonchev–Trinajstić information content (AvgIpc) is 2.66. The van der Waals surface area contributed by atoms with Crippen molar-refractivity contribution in [1.82, 2.24) is 9.78 Å². The SMILES string of the molecule is CSCOc1ccc(C(C)C)c2cn(C)nc12. The minimum atomic E-state index is 0.497. The monoisotopic (exact) mass is 250 g/mol. The van der Waals surface area contributed by atoms with Crippen molar-refractivity contribution in [2.24, 2.45) is 7.05 Å². The quantitative estimate of drug-likeness (QED) is 0.778. The van der Waals surface area contributed by atoms with Crippen molar-refractivity contribution in [3.8, 4) is 5.75 Å². The summed E-state index contributed by atoms with van der Waals surface area (Å²) in [7, 11) is 1.95. The molecule has 0 aliphatic rings. The smallest absolute Gasteiger partial charge is 0.148 e. The molecular formula is C13H18N2OS. The van der Waals surface area contributed by atoms with Crippen LogP contribution >= 0.6 is 11.8 Å². The first-order valence-corrected chi connectivity index (χ1v) is 7.11. The number of aryl methyl sites for hydroxylation is 1. The molecule has 1 aromatic heterocycles. The van der Waals surface area contributed by atoms with Gasteiger partial charge in [-0.2, -0.15) is 5.10 Å². The van der Waals surface area contributed by atoms with Gasteiger partial charge >= 0.3 is 0 Å². The normalized spacial score (nSPS) is 11.4. The first-order chi connectivity index (χ1) is 8.13. The van der Waals surface area contributed by atoms with Crippen molar-refractivity contribution in [2.75, 3.05) is 12.2 Å². The summed E-state index contributed by atoms with van der Waals surface area (Å²) in [6.07, 6.45) is 4.09. The molecule has 0 saturated heterocycles. The maximum Gasteiger partial charge on any atom is 0.148 e. The fourth-order valence-electron chi connectivity index (χ4n) is 1.96. The molecule has 2 rings (SSSR count). The summed E-state index contributed by atoms with van der Waals surface area (Å²) >= 11 is 1.67. The van der Waals surface area contributed by atoms with E-state index in [0.717, 1.165) is 11.3 Å². The van der Waals surface area contributed by atoms with E-state index in [4.69, 9.17) is 4.74 Å². The van der Waals surface area contributed by atoms with Crippen molar-refractivity contribution in [1.29, 1.82) is 0 Å². The van der Waals surface area contributed by atoms with E-state index in [9.17, 15) is 0 Å². The average molecular weight is 250 g/mol. The molecule has 1 heterocycles. The molecule has 2 aromatic rings. The molecule has 0 saturated carbocycles. The minimum Gasteiger partial charge on any atom is -0.481 e. The number of hydrogen-bond donors (Lipinski definition) is 0. The van der Waals surface area contributed by atoms with Gasteiger partial charge in [-0.15, -0.1) is 11.8 Å². The van der Waals surface area contributed by atoms with Gasteiger partial charge in [-0.3, -0.25) is 4.68 Å². The first kappa shape index (κ1) is 12.3. The zero-order valence-corrected chi connectivity index (χ0v) is 11.5. The maximum atomic E-state index is 5.70. The summed E-state index contributed by atoms with van der Waals surface area (Å²) in [5.41, 5.74) is 2.29. The van der Waals surface area contributed by atoms with Crippen molar-refractivity contribution in [3.63, 3.8) is 0 Å². The van der Waals surface area contributed by atoms with Crippen LogP contribution in [-0.4, -0.2) is 22.0 Å². The Labute approximate surface area is 106 Å². The number of fused-ring (bicyclic) bond motifs is 1. The van der Waals surface area contributed by atoms with Crippen molar-refractivity contribution >= 4 is 22.7 Å². The van der Waals surface area contributed by atoms with E-state index >= 15 is 0 Å². The molecule has 0 N–H and O–H groups in total. The van der Waals surface area contributed by atoms with Gasteiger partial charge in [-0.05, 0) is 23.8 Å². The van der Waals surface area contributed by atoms with Crippen molar-refractivity contribution in [2.45, 2.75) is 19.8 Å². The van der Waals surface area contributed by atoms with Crippen LogP contribution in [0.3, 0.4) is 0 Å². The Bertz CT molecular complexity index is 519. The summed E-state index contributed by atoms with van der Waals surface area (Å²) in [6.45, 7) is 4.40. The van der Waals surface area contributed by atoms with E-state index in [1.165, 1.54) is 10.9 Å². The Kier molecular flexibility index (Phi) is 3.62. The molecule has 0 aliphatic heterocycles. The lowest BCUT2D eigenvalue weighted by Crippen LogP contribution is -1.95. The van der Waals surface area contributed by atoms with Crippen LogP contribution in [0.1, 0.15) is 25.3 Å². The Morgan fingerprint density at radius 3 is 2.82 bits per heavy atom. The fraction of sp³-hybridized carbons (Fsp3) is 0.462. The lowest BCUT2D eigenvalue weighted by atomic mass is 9.99. The zero-order valence-electron chi connectivity index (χ0n) is 10.7. The third-order valence-corrected chi connectivity index (χ3v) is 3.10. The van der Waals surface area contributed by atoms with Gasteiger partial charge in [0.15, 0.2) is 0 Å². The Hall–Kier alpha value is -1.16. The molecule has 17 heavy (non-hydrogen) atoms. The van der Waals surface area contributed by atoms with Crippen LogP contribution in [0.15, 0.2) is 18.3 Å². The Balaban J connectivity index is 2.53. The van der Waals surface area contributed by atoms with Gasteiger partial charge in [-0.25, -0.2) is 0 Å². The first-order valence-electron chi connectivity index (χ1n) is 5.71. The van der Waals surface area contributed by atoms with Crippen LogP contribution in [0.4, 0.5) is 0 Å². The van der Waals surface area contributed by atoms with Crippen LogP contribution in [0.2, 0.25) is 0 Å². The second-order valence-corrected chi connectivity index (χ2v) is 5.24. The molecule has 4 heteroatoms. The highest BCUT2D eigenvalue weighted by atomic mass is 32.2. The molecule has 3 nitrogen and oxygen atoms in total. The molecule has 0 aliphatic carbocycles. The summed E-state index contributed by atoms with van der Waals surface area (Å²) < 4.78 is 7.55. The number of ether oxygens (including phenoxy) is 1. The van der Waals surface area contributed by atoms with Gasteiger partial charge in [0.1, 0.15) is 17.2 Å². The van der Waals surface area contributed by atoms with Crippen molar-refractivity contribution in [3.05, 3.63) is 23.9 Å². The number of hydrogen-bond acceptors (Lipinski definition) is 3. The zero-order chi connectivity index (χ0) is 12.4. The molecule has 0 radical (unpaired) electrons. The van der Waals surface area contributed by atoms with E-state index < -0.39 is 0 Å². The molecule has 0 fully saturated rings. The third-order valence-electron chi connectivity index (χ3n) is 2.74. The second-order valence-electron chi connectivity index (χ2n) is 4.42. The lowest BCUT2D eigenvalue weighted by Gasteiger charge is -2.10. The highest BCUT2D eigenvalue weighted by molar-refractivity contribution is 7.98. The Morgan fingerprint density at radius 2 is 2.18 bits per heavy atom. The number of rotatable bonds is 4. The van der Waals surface area contributed by atoms with Gasteiger partial charge in [0, 0.05) is 18.6 Å². The van der Waals surface area contributed by atoms with Gasteiger partial charge in [0.05, 0.1) is 0 Å². The summed E-state index contributed by atoms with van der Waals surface area (Å²) in [5, 5.41) is 5.69. The predicted molar refractivity (Wildman–Crippen MR) is 73.8 cm³/mol. The highest BCUT2D eigenvalue weighted by Gasteiger charge is 2.12. The van der Waals surface area contributed by atoms with E-state index in [1.807, 2.05) is 24.1 Å².